The molecule has 0 aliphatic heterocycles. The summed E-state index contributed by atoms with van der Waals surface area (Å²) in [6, 6.07) is 5.31. The molecule has 6 nitrogen and oxygen atoms in total. The van der Waals surface area contributed by atoms with Gasteiger partial charge in [0.05, 0.1) is 13.7 Å². The molecule has 0 aromatic heterocycles. The molecule has 0 unspecified atom stereocenters. The zero-order chi connectivity index (χ0) is 13.5. The predicted octanol–water partition coefficient (Wildman–Crippen LogP) is 0.214. The molecule has 0 saturated carbocycles. The SMILES string of the molecule is COc1ccc(/C(N)=N/O)cc1CN(C)CCO. The van der Waals surface area contributed by atoms with E-state index in [9.17, 15) is 0 Å². The number of likely N-dealkylation sites (N-methyl/N-ethyl adjacent to an activating group) is 1. The molecule has 100 valence electrons. The molecular formula is C12H19N3O3. The van der Waals surface area contributed by atoms with E-state index >= 15 is 0 Å². The number of rotatable bonds is 6. The van der Waals surface area contributed by atoms with Crippen molar-refractivity contribution >= 4 is 5.84 Å². The highest BCUT2D eigenvalue weighted by Crippen LogP contribution is 2.21. The minimum absolute atomic E-state index is 0.0590. The Kier molecular flexibility index (Phi) is 5.41. The number of aliphatic hydroxyl groups is 1. The minimum Gasteiger partial charge on any atom is -0.496 e. The molecule has 0 aliphatic rings. The molecule has 1 aromatic carbocycles. The highest BCUT2D eigenvalue weighted by molar-refractivity contribution is 5.97. The lowest BCUT2D eigenvalue weighted by molar-refractivity contribution is 0.216. The van der Waals surface area contributed by atoms with Gasteiger partial charge in [-0.1, -0.05) is 5.16 Å². The maximum Gasteiger partial charge on any atom is 0.170 e. The van der Waals surface area contributed by atoms with E-state index in [1.807, 2.05) is 18.0 Å². The lowest BCUT2D eigenvalue weighted by atomic mass is 10.1. The third-order valence-corrected chi connectivity index (χ3v) is 2.61. The lowest BCUT2D eigenvalue weighted by Gasteiger charge is -2.17. The fraction of sp³-hybridized carbons (Fsp3) is 0.417. The fourth-order valence-corrected chi connectivity index (χ4v) is 1.66. The quantitative estimate of drug-likeness (QED) is 0.292. The number of aliphatic hydroxyl groups excluding tert-OH is 1. The summed E-state index contributed by atoms with van der Waals surface area (Å²) in [4.78, 5) is 1.95. The van der Waals surface area contributed by atoms with E-state index in [-0.39, 0.29) is 12.4 Å². The monoisotopic (exact) mass is 253 g/mol. The van der Waals surface area contributed by atoms with Gasteiger partial charge in [-0.05, 0) is 25.2 Å². The first-order chi connectivity index (χ1) is 8.62. The van der Waals surface area contributed by atoms with Crippen molar-refractivity contribution in [3.05, 3.63) is 29.3 Å². The molecule has 18 heavy (non-hydrogen) atoms. The summed E-state index contributed by atoms with van der Waals surface area (Å²) in [5, 5.41) is 20.5. The third kappa shape index (κ3) is 3.61. The normalized spacial score (nSPS) is 11.9. The number of nitrogens with two attached hydrogens (primary N) is 1. The molecule has 1 rings (SSSR count). The van der Waals surface area contributed by atoms with Crippen LogP contribution in [0.4, 0.5) is 0 Å². The largest absolute Gasteiger partial charge is 0.496 e. The number of methoxy groups -OCH3 is 1. The Morgan fingerprint density at radius 2 is 2.22 bits per heavy atom. The van der Waals surface area contributed by atoms with Gasteiger partial charge in [0.25, 0.3) is 0 Å². The van der Waals surface area contributed by atoms with E-state index in [4.69, 9.17) is 20.8 Å². The second-order valence-electron chi connectivity index (χ2n) is 3.97. The van der Waals surface area contributed by atoms with Crippen LogP contribution < -0.4 is 10.5 Å². The number of hydrogen-bond donors (Lipinski definition) is 3. The van der Waals surface area contributed by atoms with Crippen LogP contribution in [0.5, 0.6) is 5.75 Å². The second-order valence-corrected chi connectivity index (χ2v) is 3.97. The molecule has 0 amide bonds. The summed E-state index contributed by atoms with van der Waals surface area (Å²) in [6.07, 6.45) is 0. The van der Waals surface area contributed by atoms with Crippen molar-refractivity contribution < 1.29 is 15.1 Å². The Morgan fingerprint density at radius 3 is 2.78 bits per heavy atom. The van der Waals surface area contributed by atoms with E-state index in [2.05, 4.69) is 5.16 Å². The Labute approximate surface area is 106 Å². The van der Waals surface area contributed by atoms with Crippen molar-refractivity contribution in [1.29, 1.82) is 0 Å². The van der Waals surface area contributed by atoms with E-state index in [0.717, 1.165) is 11.3 Å². The average molecular weight is 253 g/mol. The summed E-state index contributed by atoms with van der Waals surface area (Å²) in [6.45, 7) is 1.27. The van der Waals surface area contributed by atoms with Crippen molar-refractivity contribution in [1.82, 2.24) is 4.90 Å². The van der Waals surface area contributed by atoms with E-state index < -0.39 is 0 Å². The minimum atomic E-state index is 0.0590. The van der Waals surface area contributed by atoms with Gasteiger partial charge in [0.15, 0.2) is 5.84 Å². The number of amidine groups is 1. The first kappa shape index (κ1) is 14.3. The van der Waals surface area contributed by atoms with E-state index in [0.29, 0.717) is 18.7 Å². The van der Waals surface area contributed by atoms with Crippen LogP contribution in [0.2, 0.25) is 0 Å². The molecule has 4 N–H and O–H groups in total. The second kappa shape index (κ2) is 6.83. The fourth-order valence-electron chi connectivity index (χ4n) is 1.66. The molecule has 0 bridgehead atoms. The maximum absolute atomic E-state index is 8.88. The summed E-state index contributed by atoms with van der Waals surface area (Å²) < 4.78 is 5.26. The molecule has 0 fully saturated rings. The van der Waals surface area contributed by atoms with E-state index in [1.165, 1.54) is 0 Å². The number of ether oxygens (including phenoxy) is 1. The first-order valence-corrected chi connectivity index (χ1v) is 5.56. The van der Waals surface area contributed by atoms with Gasteiger partial charge in [0.2, 0.25) is 0 Å². The lowest BCUT2D eigenvalue weighted by Crippen LogP contribution is -2.22. The number of benzene rings is 1. The first-order valence-electron chi connectivity index (χ1n) is 5.56. The van der Waals surface area contributed by atoms with Gasteiger partial charge in [-0.3, -0.25) is 4.90 Å². The predicted molar refractivity (Wildman–Crippen MR) is 68.9 cm³/mol. The molecule has 1 aromatic rings. The molecule has 0 saturated heterocycles. The van der Waals surface area contributed by atoms with Crippen LogP contribution in [-0.2, 0) is 6.54 Å². The van der Waals surface area contributed by atoms with Gasteiger partial charge in [-0.15, -0.1) is 0 Å². The zero-order valence-electron chi connectivity index (χ0n) is 10.6. The van der Waals surface area contributed by atoms with Crippen molar-refractivity contribution in [3.63, 3.8) is 0 Å². The highest BCUT2D eigenvalue weighted by atomic mass is 16.5. The van der Waals surface area contributed by atoms with Gasteiger partial charge in [0, 0.05) is 24.2 Å². The molecule has 0 spiro atoms. The van der Waals surface area contributed by atoms with E-state index in [1.54, 1.807) is 19.2 Å². The maximum atomic E-state index is 8.88. The van der Waals surface area contributed by atoms with Crippen LogP contribution in [0.25, 0.3) is 0 Å². The van der Waals surface area contributed by atoms with Crippen LogP contribution in [-0.4, -0.2) is 48.4 Å². The van der Waals surface area contributed by atoms with Crippen LogP contribution in [0.15, 0.2) is 23.4 Å². The van der Waals surface area contributed by atoms with Crippen molar-refractivity contribution in [2.45, 2.75) is 6.54 Å². The highest BCUT2D eigenvalue weighted by Gasteiger charge is 2.09. The summed E-state index contributed by atoms with van der Waals surface area (Å²) in [5.74, 6) is 0.790. The van der Waals surface area contributed by atoms with Gasteiger partial charge in [-0.25, -0.2) is 0 Å². The van der Waals surface area contributed by atoms with Crippen molar-refractivity contribution in [2.75, 3.05) is 27.3 Å². The molecule has 0 aliphatic carbocycles. The van der Waals surface area contributed by atoms with Crippen molar-refractivity contribution in [2.24, 2.45) is 10.9 Å². The molecule has 0 heterocycles. The average Bonchev–Trinajstić information content (AvgIpc) is 2.38. The Bertz CT molecular complexity index is 421. The standard InChI is InChI=1S/C12H19N3O3/c1-15(5-6-16)8-10-7-9(12(13)14-17)3-4-11(10)18-2/h3-4,7,16-17H,5-6,8H2,1-2H3,(H2,13,14). The number of nitrogens with zero attached hydrogens (tertiary/aromatic N) is 2. The summed E-state index contributed by atoms with van der Waals surface area (Å²) >= 11 is 0. The van der Waals surface area contributed by atoms with Crippen LogP contribution in [0, 0.1) is 0 Å². The van der Waals surface area contributed by atoms with Gasteiger partial charge < -0.3 is 20.8 Å². The van der Waals surface area contributed by atoms with Crippen LogP contribution in [0.3, 0.4) is 0 Å². The molecule has 0 atom stereocenters. The smallest absolute Gasteiger partial charge is 0.170 e. The van der Waals surface area contributed by atoms with Gasteiger partial charge >= 0.3 is 0 Å². The van der Waals surface area contributed by atoms with Gasteiger partial charge in [0.1, 0.15) is 5.75 Å². The van der Waals surface area contributed by atoms with Crippen LogP contribution >= 0.6 is 0 Å². The number of oxime groups is 1. The topological polar surface area (TPSA) is 91.3 Å². The molecular weight excluding hydrogens is 234 g/mol. The Balaban J connectivity index is 2.99. The number of hydrogen-bond acceptors (Lipinski definition) is 5. The van der Waals surface area contributed by atoms with Crippen LogP contribution in [0.1, 0.15) is 11.1 Å². The molecule has 6 heteroatoms. The molecule has 0 radical (unpaired) electrons. The Morgan fingerprint density at radius 1 is 1.50 bits per heavy atom. The Hall–Kier alpha value is -1.79. The summed E-state index contributed by atoms with van der Waals surface area (Å²) in [5.41, 5.74) is 7.09. The third-order valence-electron chi connectivity index (χ3n) is 2.61. The van der Waals surface area contributed by atoms with Gasteiger partial charge in [-0.2, -0.15) is 0 Å². The zero-order valence-corrected chi connectivity index (χ0v) is 10.6. The van der Waals surface area contributed by atoms with Crippen molar-refractivity contribution in [3.8, 4) is 5.75 Å². The summed E-state index contributed by atoms with van der Waals surface area (Å²) in [7, 11) is 3.49.